The number of furan rings is 1. The van der Waals surface area contributed by atoms with Crippen LogP contribution in [0.4, 0.5) is 0 Å². The van der Waals surface area contributed by atoms with Gasteiger partial charge in [-0.3, -0.25) is 4.98 Å². The highest BCUT2D eigenvalue weighted by Crippen LogP contribution is 2.33. The van der Waals surface area contributed by atoms with Gasteiger partial charge in [0.15, 0.2) is 0 Å². The quantitative estimate of drug-likeness (QED) is 0.424. The summed E-state index contributed by atoms with van der Waals surface area (Å²) in [5, 5.41) is 0.667. The molecule has 0 N–H and O–H groups in total. The maximum atomic E-state index is 7.88. The van der Waals surface area contributed by atoms with Crippen LogP contribution in [0.5, 0.6) is 0 Å². The molecule has 0 saturated carbocycles. The Hall–Kier alpha value is -2.87. The highest BCUT2D eigenvalue weighted by Gasteiger charge is 2.12. The highest BCUT2D eigenvalue weighted by molar-refractivity contribution is 5.86. The van der Waals surface area contributed by atoms with Crippen molar-refractivity contribution in [2.75, 3.05) is 0 Å². The van der Waals surface area contributed by atoms with Crippen molar-refractivity contribution in [3.05, 3.63) is 77.0 Å². The first-order chi connectivity index (χ1) is 14.4. The molecule has 4 rings (SSSR count). The van der Waals surface area contributed by atoms with E-state index in [4.69, 9.17) is 12.6 Å². The van der Waals surface area contributed by atoms with Crippen molar-refractivity contribution in [1.29, 1.82) is 0 Å². The molecule has 4 aromatic rings. The maximum absolute atomic E-state index is 7.88. The molecule has 0 unspecified atom stereocenters. The minimum Gasteiger partial charge on any atom is -0.456 e. The second-order valence-corrected chi connectivity index (χ2v) is 6.32. The molecule has 2 aromatic heterocycles. The number of benzene rings is 2. The van der Waals surface area contributed by atoms with E-state index in [2.05, 4.69) is 11.1 Å². The minimum atomic E-state index is -2.49. The first-order valence-electron chi connectivity index (χ1n) is 11.1. The molecule has 0 amide bonds. The molecule has 0 aliphatic heterocycles. The first kappa shape index (κ1) is 10.2. The van der Waals surface area contributed by atoms with Crippen LogP contribution in [0.15, 0.2) is 59.1 Å². The zero-order valence-corrected chi connectivity index (χ0v) is 14.1. The van der Waals surface area contributed by atoms with E-state index in [-0.39, 0.29) is 22.5 Å². The van der Waals surface area contributed by atoms with Crippen molar-refractivity contribution >= 4 is 11.0 Å². The van der Waals surface area contributed by atoms with Gasteiger partial charge >= 0.3 is 0 Å². The second kappa shape index (κ2) is 5.89. The Morgan fingerprint density at radius 1 is 0.920 bits per heavy atom. The standard InChI is InChI=1S/C23H21NO/c1-14-8-15(2)10-18(9-14)20-12-21-19(13-24-20)11-22(25-21)23-16(3)6-5-7-17(23)4/h5-13H,1-4H3/i3D3,4D3. The Kier molecular flexibility index (Phi) is 2.40. The lowest BCUT2D eigenvalue weighted by Gasteiger charge is -2.06. The second-order valence-electron chi connectivity index (χ2n) is 6.32. The van der Waals surface area contributed by atoms with Gasteiger partial charge in [0.05, 0.1) is 5.69 Å². The van der Waals surface area contributed by atoms with E-state index in [1.54, 1.807) is 18.3 Å². The fourth-order valence-electron chi connectivity index (χ4n) is 3.15. The lowest BCUT2D eigenvalue weighted by molar-refractivity contribution is 0.630. The summed E-state index contributed by atoms with van der Waals surface area (Å²) >= 11 is 0. The third kappa shape index (κ3) is 2.85. The molecule has 25 heavy (non-hydrogen) atoms. The normalized spacial score (nSPS) is 15.8. The van der Waals surface area contributed by atoms with E-state index in [0.29, 0.717) is 11.0 Å². The predicted octanol–water partition coefficient (Wildman–Crippen LogP) is 6.40. The predicted molar refractivity (Wildman–Crippen MR) is 104 cm³/mol. The van der Waals surface area contributed by atoms with Crippen LogP contribution in [-0.2, 0) is 0 Å². The van der Waals surface area contributed by atoms with Crippen LogP contribution in [0.1, 0.15) is 30.5 Å². The summed E-state index contributed by atoms with van der Waals surface area (Å²) in [4.78, 5) is 4.53. The molecule has 0 aliphatic carbocycles. The van der Waals surface area contributed by atoms with Gasteiger partial charge in [0.2, 0.25) is 0 Å². The number of fused-ring (bicyclic) bond motifs is 1. The van der Waals surface area contributed by atoms with Gasteiger partial charge in [-0.1, -0.05) is 35.4 Å². The minimum absolute atomic E-state index is 0.0531. The summed E-state index contributed by atoms with van der Waals surface area (Å²) in [7, 11) is 0. The molecule has 0 radical (unpaired) electrons. The Morgan fingerprint density at radius 3 is 2.32 bits per heavy atom. The molecule has 2 heteroatoms. The Morgan fingerprint density at radius 2 is 1.64 bits per heavy atom. The van der Waals surface area contributed by atoms with Gasteiger partial charge in [0.25, 0.3) is 0 Å². The largest absolute Gasteiger partial charge is 0.456 e. The third-order valence-electron chi connectivity index (χ3n) is 4.23. The molecule has 0 aliphatic rings. The van der Waals surface area contributed by atoms with Gasteiger partial charge < -0.3 is 4.42 Å². The number of nitrogens with zero attached hydrogens (tertiary/aromatic N) is 1. The summed E-state index contributed by atoms with van der Waals surface area (Å²) in [6.45, 7) is -0.944. The van der Waals surface area contributed by atoms with E-state index in [1.807, 2.05) is 26.0 Å². The molecule has 0 saturated heterocycles. The van der Waals surface area contributed by atoms with Crippen molar-refractivity contribution in [2.45, 2.75) is 27.6 Å². The first-order valence-corrected chi connectivity index (χ1v) is 8.06. The van der Waals surface area contributed by atoms with Gasteiger partial charge in [0, 0.05) is 37.0 Å². The molecule has 0 bridgehead atoms. The lowest BCUT2D eigenvalue weighted by atomic mass is 10.0. The summed E-state index contributed by atoms with van der Waals surface area (Å²) in [6, 6.07) is 13.9. The SMILES string of the molecule is [2H]C([2H])([2H])c1cccc(C([2H])([2H])[2H])c1-c1cc2cnc(-c3cc(C)cc(C)c3)cc2o1. The van der Waals surface area contributed by atoms with Crippen molar-refractivity contribution in [3.8, 4) is 22.6 Å². The average Bonchev–Trinajstić information content (AvgIpc) is 3.08. The Balaban J connectivity index is 1.92. The lowest BCUT2D eigenvalue weighted by Crippen LogP contribution is -1.85. The average molecular weight is 333 g/mol. The number of rotatable bonds is 2. The van der Waals surface area contributed by atoms with E-state index in [9.17, 15) is 0 Å². The number of aryl methyl sites for hydroxylation is 4. The van der Waals surface area contributed by atoms with E-state index in [0.717, 1.165) is 22.4 Å². The van der Waals surface area contributed by atoms with Crippen LogP contribution in [0.3, 0.4) is 0 Å². The van der Waals surface area contributed by atoms with Crippen molar-refractivity contribution in [2.24, 2.45) is 0 Å². The van der Waals surface area contributed by atoms with E-state index >= 15 is 0 Å². The van der Waals surface area contributed by atoms with Crippen molar-refractivity contribution in [3.63, 3.8) is 0 Å². The fourth-order valence-corrected chi connectivity index (χ4v) is 3.15. The van der Waals surface area contributed by atoms with E-state index < -0.39 is 13.7 Å². The zero-order valence-electron chi connectivity index (χ0n) is 20.1. The van der Waals surface area contributed by atoms with Gasteiger partial charge in [0.1, 0.15) is 11.3 Å². The Bertz CT molecular complexity index is 1230. The number of aromatic nitrogens is 1. The molecule has 124 valence electrons. The number of pyridine rings is 1. The molecule has 0 atom stereocenters. The van der Waals surface area contributed by atoms with Crippen LogP contribution >= 0.6 is 0 Å². The van der Waals surface area contributed by atoms with Crippen LogP contribution < -0.4 is 0 Å². The molecular formula is C23H21NO. The summed E-state index contributed by atoms with van der Waals surface area (Å²) in [5.41, 5.74) is 4.40. The third-order valence-corrected chi connectivity index (χ3v) is 4.23. The monoisotopic (exact) mass is 333 g/mol. The fraction of sp³-hybridized carbons (Fsp3) is 0.174. The van der Waals surface area contributed by atoms with E-state index in [1.165, 1.54) is 18.2 Å². The van der Waals surface area contributed by atoms with Crippen molar-refractivity contribution in [1.82, 2.24) is 4.98 Å². The van der Waals surface area contributed by atoms with Gasteiger partial charge in [-0.15, -0.1) is 0 Å². The molecule has 2 nitrogen and oxygen atoms in total. The molecule has 0 spiro atoms. The van der Waals surface area contributed by atoms with Crippen LogP contribution in [0, 0.1) is 27.6 Å². The number of hydrogen-bond donors (Lipinski definition) is 0. The van der Waals surface area contributed by atoms with Gasteiger partial charge in [-0.2, -0.15) is 0 Å². The topological polar surface area (TPSA) is 26.0 Å². The molecular weight excluding hydrogens is 306 g/mol. The van der Waals surface area contributed by atoms with Crippen molar-refractivity contribution < 1.29 is 12.6 Å². The summed E-state index contributed by atoms with van der Waals surface area (Å²) in [5.74, 6) is 0.201. The van der Waals surface area contributed by atoms with Crippen LogP contribution in [-0.4, -0.2) is 4.98 Å². The highest BCUT2D eigenvalue weighted by atomic mass is 16.3. The van der Waals surface area contributed by atoms with Crippen LogP contribution in [0.2, 0.25) is 0 Å². The molecule has 2 heterocycles. The summed E-state index contributed by atoms with van der Waals surface area (Å²) in [6.07, 6.45) is 1.66. The molecule has 0 fully saturated rings. The maximum Gasteiger partial charge on any atom is 0.138 e. The zero-order chi connectivity index (χ0) is 22.6. The molecule has 2 aromatic carbocycles. The van der Waals surface area contributed by atoms with Gasteiger partial charge in [-0.25, -0.2) is 0 Å². The van der Waals surface area contributed by atoms with Gasteiger partial charge in [-0.05, 0) is 56.9 Å². The number of hydrogen-bond acceptors (Lipinski definition) is 2. The summed E-state index contributed by atoms with van der Waals surface area (Å²) < 4.78 is 53.3. The Labute approximate surface area is 156 Å². The smallest absolute Gasteiger partial charge is 0.138 e. The van der Waals surface area contributed by atoms with Crippen LogP contribution in [0.25, 0.3) is 33.6 Å².